The van der Waals surface area contributed by atoms with E-state index in [1.54, 1.807) is 12.1 Å². The number of benzene rings is 2. The summed E-state index contributed by atoms with van der Waals surface area (Å²) in [4.78, 5) is 14.8. The molecule has 7 heteroatoms. The van der Waals surface area contributed by atoms with Crippen LogP contribution in [0, 0.1) is 11.7 Å². The van der Waals surface area contributed by atoms with Crippen LogP contribution in [-0.4, -0.2) is 30.7 Å². The van der Waals surface area contributed by atoms with Gasteiger partial charge in [-0.1, -0.05) is 28.1 Å². The Labute approximate surface area is 171 Å². The lowest BCUT2D eigenvalue weighted by Gasteiger charge is -2.31. The summed E-state index contributed by atoms with van der Waals surface area (Å²) < 4.78 is 24.8. The molecule has 0 spiro atoms. The summed E-state index contributed by atoms with van der Waals surface area (Å²) in [5.41, 5.74) is 2.06. The summed E-state index contributed by atoms with van der Waals surface area (Å²) in [6.45, 7) is 3.25. The van der Waals surface area contributed by atoms with Gasteiger partial charge in [0.1, 0.15) is 5.82 Å². The molecule has 1 amide bonds. The highest BCUT2D eigenvalue weighted by molar-refractivity contribution is 9.10. The molecule has 148 valence electrons. The second-order valence-corrected chi connectivity index (χ2v) is 8.05. The van der Waals surface area contributed by atoms with Gasteiger partial charge in [-0.25, -0.2) is 4.39 Å². The second-order valence-electron chi connectivity index (χ2n) is 7.19. The van der Waals surface area contributed by atoms with E-state index in [1.807, 2.05) is 12.1 Å². The first-order chi connectivity index (χ1) is 13.6. The number of rotatable bonds is 5. The predicted molar refractivity (Wildman–Crippen MR) is 107 cm³/mol. The first-order valence-electron chi connectivity index (χ1n) is 9.41. The van der Waals surface area contributed by atoms with E-state index in [-0.39, 0.29) is 24.4 Å². The van der Waals surface area contributed by atoms with Crippen LogP contribution >= 0.6 is 15.9 Å². The molecule has 0 aliphatic carbocycles. The maximum atomic E-state index is 13.0. The van der Waals surface area contributed by atoms with Crippen LogP contribution < -0.4 is 14.8 Å². The van der Waals surface area contributed by atoms with Crippen molar-refractivity contribution in [3.05, 3.63) is 57.8 Å². The Hall–Kier alpha value is -2.12. The average molecular weight is 449 g/mol. The van der Waals surface area contributed by atoms with E-state index in [9.17, 15) is 9.18 Å². The fourth-order valence-corrected chi connectivity index (χ4v) is 4.06. The Morgan fingerprint density at radius 1 is 1.14 bits per heavy atom. The van der Waals surface area contributed by atoms with Gasteiger partial charge in [-0.3, -0.25) is 9.69 Å². The van der Waals surface area contributed by atoms with Crippen molar-refractivity contribution in [2.75, 3.05) is 19.9 Å². The summed E-state index contributed by atoms with van der Waals surface area (Å²) in [5.74, 6) is 1.39. The van der Waals surface area contributed by atoms with Crippen molar-refractivity contribution >= 4 is 21.8 Å². The van der Waals surface area contributed by atoms with E-state index in [1.165, 1.54) is 12.1 Å². The molecule has 0 radical (unpaired) electrons. The molecule has 4 rings (SSSR count). The van der Waals surface area contributed by atoms with E-state index < -0.39 is 0 Å². The van der Waals surface area contributed by atoms with E-state index in [0.29, 0.717) is 6.54 Å². The Morgan fingerprint density at radius 2 is 1.82 bits per heavy atom. The number of hydrogen-bond donors (Lipinski definition) is 1. The molecule has 1 fully saturated rings. The van der Waals surface area contributed by atoms with E-state index >= 15 is 0 Å². The van der Waals surface area contributed by atoms with Crippen LogP contribution in [0.5, 0.6) is 11.5 Å². The Balaban J connectivity index is 1.26. The van der Waals surface area contributed by atoms with Crippen molar-refractivity contribution in [1.82, 2.24) is 10.2 Å². The fraction of sp³-hybridized carbons (Fsp3) is 0.381. The number of carbonyl (C=O) groups excluding carboxylic acids is 1. The van der Waals surface area contributed by atoms with Crippen LogP contribution in [0.1, 0.15) is 24.0 Å². The molecule has 2 aromatic carbocycles. The molecule has 5 nitrogen and oxygen atoms in total. The third-order valence-corrected chi connectivity index (χ3v) is 6.01. The zero-order chi connectivity index (χ0) is 19.5. The summed E-state index contributed by atoms with van der Waals surface area (Å²) in [7, 11) is 0. The normalized spacial score (nSPS) is 16.9. The van der Waals surface area contributed by atoms with Crippen LogP contribution in [0.4, 0.5) is 4.39 Å². The molecular weight excluding hydrogens is 427 g/mol. The fourth-order valence-electron chi connectivity index (χ4n) is 3.61. The van der Waals surface area contributed by atoms with Gasteiger partial charge in [0.25, 0.3) is 0 Å². The van der Waals surface area contributed by atoms with Gasteiger partial charge < -0.3 is 14.8 Å². The highest BCUT2D eigenvalue weighted by atomic mass is 79.9. The summed E-state index contributed by atoms with van der Waals surface area (Å²) in [6.07, 6.45) is 1.66. The highest BCUT2D eigenvalue weighted by Gasteiger charge is 2.26. The van der Waals surface area contributed by atoms with Crippen molar-refractivity contribution in [2.45, 2.75) is 25.9 Å². The number of halogens is 2. The van der Waals surface area contributed by atoms with Gasteiger partial charge in [0, 0.05) is 23.5 Å². The van der Waals surface area contributed by atoms with Crippen LogP contribution in [0.2, 0.25) is 0 Å². The van der Waals surface area contributed by atoms with Crippen LogP contribution in [-0.2, 0) is 17.9 Å². The number of likely N-dealkylation sites (tertiary alicyclic amines) is 1. The maximum Gasteiger partial charge on any atom is 0.231 e. The average Bonchev–Trinajstić information content (AvgIpc) is 3.15. The SMILES string of the molecule is O=C(NCc1ccc(F)cc1)C1CCN(Cc2cc3c(cc2Br)OCO3)CC1. The standard InChI is InChI=1S/C21H22BrFN2O3/c22-18-10-20-19(27-13-28-20)9-16(18)12-25-7-5-15(6-8-25)21(26)24-11-14-1-3-17(23)4-2-14/h1-4,9-10,15H,5-8,11-13H2,(H,24,26). The number of nitrogens with zero attached hydrogens (tertiary/aromatic N) is 1. The molecule has 2 aromatic rings. The maximum absolute atomic E-state index is 13.0. The second kappa shape index (κ2) is 8.49. The molecule has 0 saturated carbocycles. The molecule has 2 aliphatic rings. The number of carbonyl (C=O) groups is 1. The minimum atomic E-state index is -0.267. The van der Waals surface area contributed by atoms with Gasteiger partial charge >= 0.3 is 0 Å². The van der Waals surface area contributed by atoms with Gasteiger partial charge in [-0.15, -0.1) is 0 Å². The van der Waals surface area contributed by atoms with Crippen molar-refractivity contribution < 1.29 is 18.7 Å². The van der Waals surface area contributed by atoms with Gasteiger partial charge in [0.05, 0.1) is 0 Å². The predicted octanol–water partition coefficient (Wildman–Crippen LogP) is 3.85. The monoisotopic (exact) mass is 448 g/mol. The quantitative estimate of drug-likeness (QED) is 0.754. The first kappa shape index (κ1) is 19.2. The third-order valence-electron chi connectivity index (χ3n) is 5.27. The topological polar surface area (TPSA) is 50.8 Å². The summed E-state index contributed by atoms with van der Waals surface area (Å²) in [6, 6.07) is 10.2. The molecule has 0 aromatic heterocycles. The van der Waals surface area contributed by atoms with Gasteiger partial charge in [0.15, 0.2) is 11.5 Å². The zero-order valence-electron chi connectivity index (χ0n) is 15.4. The highest BCUT2D eigenvalue weighted by Crippen LogP contribution is 2.37. The van der Waals surface area contributed by atoms with Gasteiger partial charge in [-0.05, 0) is 61.3 Å². The number of piperidine rings is 1. The largest absolute Gasteiger partial charge is 0.454 e. The lowest BCUT2D eigenvalue weighted by Crippen LogP contribution is -2.40. The molecule has 2 heterocycles. The molecule has 0 bridgehead atoms. The smallest absolute Gasteiger partial charge is 0.231 e. The van der Waals surface area contributed by atoms with Crippen LogP contribution in [0.3, 0.4) is 0 Å². The lowest BCUT2D eigenvalue weighted by molar-refractivity contribution is -0.126. The summed E-state index contributed by atoms with van der Waals surface area (Å²) >= 11 is 3.61. The zero-order valence-corrected chi connectivity index (χ0v) is 17.0. The number of hydrogen-bond acceptors (Lipinski definition) is 4. The minimum Gasteiger partial charge on any atom is -0.454 e. The van der Waals surface area contributed by atoms with E-state index in [0.717, 1.165) is 59.6 Å². The number of nitrogens with one attached hydrogen (secondary N) is 1. The third kappa shape index (κ3) is 4.47. The lowest BCUT2D eigenvalue weighted by atomic mass is 9.95. The Bertz CT molecular complexity index is 851. The van der Waals surface area contributed by atoms with Crippen LogP contribution in [0.25, 0.3) is 0 Å². The molecule has 1 N–H and O–H groups in total. The first-order valence-corrected chi connectivity index (χ1v) is 10.2. The molecule has 1 saturated heterocycles. The Morgan fingerprint density at radius 3 is 2.54 bits per heavy atom. The van der Waals surface area contributed by atoms with Crippen molar-refractivity contribution in [3.63, 3.8) is 0 Å². The van der Waals surface area contributed by atoms with Crippen molar-refractivity contribution in [1.29, 1.82) is 0 Å². The molecule has 28 heavy (non-hydrogen) atoms. The number of ether oxygens (including phenoxy) is 2. The van der Waals surface area contributed by atoms with Crippen LogP contribution in [0.15, 0.2) is 40.9 Å². The Kier molecular flexibility index (Phi) is 5.82. The van der Waals surface area contributed by atoms with Crippen molar-refractivity contribution in [2.24, 2.45) is 5.92 Å². The van der Waals surface area contributed by atoms with E-state index in [2.05, 4.69) is 26.1 Å². The molecule has 0 unspecified atom stereocenters. The number of fused-ring (bicyclic) bond motifs is 1. The molecule has 2 aliphatic heterocycles. The van der Waals surface area contributed by atoms with E-state index in [4.69, 9.17) is 9.47 Å². The van der Waals surface area contributed by atoms with Gasteiger partial charge in [-0.2, -0.15) is 0 Å². The molecular formula is C21H22BrFN2O3. The summed E-state index contributed by atoms with van der Waals surface area (Å²) in [5, 5.41) is 2.97. The van der Waals surface area contributed by atoms with Crippen molar-refractivity contribution in [3.8, 4) is 11.5 Å². The number of amides is 1. The minimum absolute atomic E-state index is 0.0249. The van der Waals surface area contributed by atoms with Gasteiger partial charge in [0.2, 0.25) is 12.7 Å². The molecule has 0 atom stereocenters.